The number of likely N-dealkylation sites (tertiary alicyclic amines) is 1. The molecule has 224 valence electrons. The molecule has 0 radical (unpaired) electrons. The number of nitrogens with one attached hydrogen (secondary N) is 1. The van der Waals surface area contributed by atoms with Crippen LogP contribution in [0.2, 0.25) is 5.02 Å². The van der Waals surface area contributed by atoms with Crippen LogP contribution < -0.4 is 5.32 Å². The maximum Gasteiger partial charge on any atom is 0.330 e. The highest BCUT2D eigenvalue weighted by molar-refractivity contribution is 6.34. The Balaban J connectivity index is 1.31. The van der Waals surface area contributed by atoms with Crippen LogP contribution in [0.15, 0.2) is 36.4 Å². The lowest BCUT2D eigenvalue weighted by molar-refractivity contribution is -0.252. The summed E-state index contributed by atoms with van der Waals surface area (Å²) >= 11 is 6.41. The van der Waals surface area contributed by atoms with Crippen molar-refractivity contribution in [2.75, 3.05) is 25.5 Å². The first-order chi connectivity index (χ1) is 20.1. The van der Waals surface area contributed by atoms with Crippen LogP contribution in [0.25, 0.3) is 10.9 Å². The number of rotatable bonds is 9. The molecule has 2 heterocycles. The van der Waals surface area contributed by atoms with Crippen molar-refractivity contribution in [2.45, 2.75) is 57.0 Å². The second kappa shape index (κ2) is 12.4. The van der Waals surface area contributed by atoms with Crippen LogP contribution in [-0.4, -0.2) is 64.6 Å². The third-order valence-corrected chi connectivity index (χ3v) is 8.39. The second-order valence-corrected chi connectivity index (χ2v) is 11.2. The van der Waals surface area contributed by atoms with Gasteiger partial charge in [0.1, 0.15) is 11.5 Å². The van der Waals surface area contributed by atoms with Crippen molar-refractivity contribution in [3.8, 4) is 0 Å². The Labute approximate surface area is 247 Å². The van der Waals surface area contributed by atoms with Gasteiger partial charge in [0.25, 0.3) is 5.91 Å². The highest BCUT2D eigenvalue weighted by atomic mass is 35.5. The standard InChI is InChI=1S/C30H33ClF2N4O5/c1-36-27(21-7-3-4-8-24(21)35-36)28(39)34-25-17-23(32)19(15-22(25)31)16-26(38)30(33,37-13-5-6-14-37)42-20-11-9-18(10-12-20)29(40)41-2/h3-4,7-8,15,17-18,20H,5-6,9-14,16H2,1-2H3,(H,34,39)/t18-,20-,30?. The molecule has 0 spiro atoms. The lowest BCUT2D eigenvalue weighted by Gasteiger charge is -2.37. The Morgan fingerprint density at radius 1 is 1.12 bits per heavy atom. The zero-order valence-corrected chi connectivity index (χ0v) is 24.3. The van der Waals surface area contributed by atoms with E-state index in [1.54, 1.807) is 31.3 Å². The number of nitrogens with zero attached hydrogens (tertiary/aromatic N) is 3. The Hall–Kier alpha value is -3.41. The Kier molecular flexibility index (Phi) is 8.91. The zero-order chi connectivity index (χ0) is 30.0. The predicted molar refractivity (Wildman–Crippen MR) is 152 cm³/mol. The molecule has 1 unspecified atom stereocenters. The fourth-order valence-electron chi connectivity index (χ4n) is 5.82. The molecule has 12 heteroatoms. The summed E-state index contributed by atoms with van der Waals surface area (Å²) in [6.45, 7) is 0.660. The van der Waals surface area contributed by atoms with E-state index < -0.39 is 36.0 Å². The van der Waals surface area contributed by atoms with E-state index in [1.807, 2.05) is 0 Å². The molecule has 2 fully saturated rings. The lowest BCUT2D eigenvalue weighted by atomic mass is 9.87. The number of carbonyl (C=O) groups is 3. The van der Waals surface area contributed by atoms with Crippen molar-refractivity contribution in [3.63, 3.8) is 0 Å². The van der Waals surface area contributed by atoms with Gasteiger partial charge in [0.15, 0.2) is 0 Å². The molecule has 1 saturated carbocycles. The number of ether oxygens (including phenoxy) is 2. The summed E-state index contributed by atoms with van der Waals surface area (Å²) in [5, 5.41) is 7.54. The number of anilines is 1. The monoisotopic (exact) mass is 602 g/mol. The van der Waals surface area contributed by atoms with E-state index in [-0.39, 0.29) is 33.9 Å². The summed E-state index contributed by atoms with van der Waals surface area (Å²) in [6, 6.07) is 9.35. The van der Waals surface area contributed by atoms with E-state index in [1.165, 1.54) is 22.8 Å². The average Bonchev–Trinajstić information content (AvgIpc) is 3.63. The minimum Gasteiger partial charge on any atom is -0.469 e. The van der Waals surface area contributed by atoms with E-state index in [9.17, 15) is 14.4 Å². The average molecular weight is 603 g/mol. The van der Waals surface area contributed by atoms with E-state index in [0.29, 0.717) is 62.5 Å². The molecule has 42 heavy (non-hydrogen) atoms. The third-order valence-electron chi connectivity index (χ3n) is 8.08. The second-order valence-electron chi connectivity index (χ2n) is 10.8. The van der Waals surface area contributed by atoms with Crippen molar-refractivity contribution < 1.29 is 32.6 Å². The first-order valence-corrected chi connectivity index (χ1v) is 14.4. The number of hydrogen-bond acceptors (Lipinski definition) is 7. The number of benzene rings is 2. The summed E-state index contributed by atoms with van der Waals surface area (Å²) < 4.78 is 43.9. The van der Waals surface area contributed by atoms with Gasteiger partial charge in [0, 0.05) is 31.9 Å². The number of aromatic nitrogens is 2. The summed E-state index contributed by atoms with van der Waals surface area (Å²) in [4.78, 5) is 39.8. The quantitative estimate of drug-likeness (QED) is 0.265. The SMILES string of the molecule is COC(=O)[C@H]1CC[C@H](OC(F)(C(=O)Cc2cc(Cl)c(NC(=O)c3c4ccccc4nn3C)cc2F)N2CCCC2)CC1. The topological polar surface area (TPSA) is 103 Å². The number of methoxy groups -OCH3 is 1. The van der Waals surface area contributed by atoms with Gasteiger partial charge in [-0.15, -0.1) is 0 Å². The van der Waals surface area contributed by atoms with Crippen LogP contribution in [0, 0.1) is 11.7 Å². The summed E-state index contributed by atoms with van der Waals surface area (Å²) in [5.41, 5.74) is 0.785. The number of hydrogen-bond donors (Lipinski definition) is 1. The van der Waals surface area contributed by atoms with Crippen molar-refractivity contribution in [2.24, 2.45) is 13.0 Å². The molecule has 1 atom stereocenters. The molecule has 1 saturated heterocycles. The van der Waals surface area contributed by atoms with Crippen molar-refractivity contribution in [1.29, 1.82) is 0 Å². The van der Waals surface area contributed by atoms with Gasteiger partial charge in [-0.25, -0.2) is 9.29 Å². The third kappa shape index (κ3) is 6.04. The number of carbonyl (C=O) groups excluding carboxylic acids is 3. The largest absolute Gasteiger partial charge is 0.469 e. The Bertz CT molecular complexity index is 1500. The minimum absolute atomic E-state index is 0.00492. The van der Waals surface area contributed by atoms with E-state index in [4.69, 9.17) is 21.1 Å². The molecule has 1 aliphatic carbocycles. The zero-order valence-electron chi connectivity index (χ0n) is 23.5. The van der Waals surface area contributed by atoms with E-state index in [2.05, 4.69) is 10.4 Å². The van der Waals surface area contributed by atoms with E-state index >= 15 is 8.78 Å². The molecule has 9 nitrogen and oxygen atoms in total. The van der Waals surface area contributed by atoms with E-state index in [0.717, 1.165) is 6.07 Å². The number of halogens is 3. The van der Waals surface area contributed by atoms with Gasteiger partial charge >= 0.3 is 11.9 Å². The Morgan fingerprint density at radius 2 is 1.81 bits per heavy atom. The predicted octanol–water partition coefficient (Wildman–Crippen LogP) is 5.20. The van der Waals surface area contributed by atoms with Gasteiger partial charge in [-0.2, -0.15) is 9.49 Å². The van der Waals surface area contributed by atoms with Crippen molar-refractivity contribution in [1.82, 2.24) is 14.7 Å². The molecule has 1 N–H and O–H groups in total. The van der Waals surface area contributed by atoms with Gasteiger partial charge in [0.05, 0.1) is 35.4 Å². The number of fused-ring (bicyclic) bond motifs is 1. The van der Waals surface area contributed by atoms with Gasteiger partial charge in [-0.05, 0) is 62.3 Å². The molecule has 0 bridgehead atoms. The van der Waals surface area contributed by atoms with Crippen molar-refractivity contribution >= 4 is 45.9 Å². The number of alkyl halides is 1. The lowest BCUT2D eigenvalue weighted by Crippen LogP contribution is -2.54. The van der Waals surface area contributed by atoms with Gasteiger partial charge < -0.3 is 14.8 Å². The summed E-state index contributed by atoms with van der Waals surface area (Å²) in [7, 11) is 2.96. The van der Waals surface area contributed by atoms with Gasteiger partial charge in [-0.3, -0.25) is 19.1 Å². The first kappa shape index (κ1) is 30.1. The molecule has 1 aromatic heterocycles. The molecular weight excluding hydrogens is 570 g/mol. The van der Waals surface area contributed by atoms with Gasteiger partial charge in [0.2, 0.25) is 5.78 Å². The molecule has 2 aromatic carbocycles. The van der Waals surface area contributed by atoms with Crippen LogP contribution in [0.5, 0.6) is 0 Å². The molecule has 5 rings (SSSR count). The summed E-state index contributed by atoms with van der Waals surface area (Å²) in [5.74, 6) is -5.63. The fraction of sp³-hybridized carbons (Fsp3) is 0.467. The smallest absolute Gasteiger partial charge is 0.330 e. The molecule has 1 amide bonds. The van der Waals surface area contributed by atoms with Crippen LogP contribution >= 0.6 is 11.6 Å². The van der Waals surface area contributed by atoms with Crippen LogP contribution in [-0.2, 0) is 32.5 Å². The molecule has 2 aliphatic rings. The first-order valence-electron chi connectivity index (χ1n) is 14.0. The number of amides is 1. The van der Waals surface area contributed by atoms with Gasteiger partial charge in [-0.1, -0.05) is 29.8 Å². The molecule has 3 aromatic rings. The fourth-order valence-corrected chi connectivity index (χ4v) is 6.06. The molecular formula is C30H33ClF2N4O5. The van der Waals surface area contributed by atoms with Crippen molar-refractivity contribution in [3.05, 3.63) is 58.5 Å². The number of Topliss-reactive ketones (excluding diaryl/α,β-unsaturated/α-hetero) is 1. The number of aryl methyl sites for hydroxylation is 1. The molecule has 1 aliphatic heterocycles. The summed E-state index contributed by atoms with van der Waals surface area (Å²) in [6.07, 6.45) is 1.96. The van der Waals surface area contributed by atoms with Crippen LogP contribution in [0.4, 0.5) is 14.5 Å². The van der Waals surface area contributed by atoms with Crippen LogP contribution in [0.1, 0.15) is 54.6 Å². The normalized spacial score (nSPS) is 20.8. The highest BCUT2D eigenvalue weighted by Gasteiger charge is 2.49. The maximum atomic E-state index is 16.5. The maximum absolute atomic E-state index is 16.5. The minimum atomic E-state index is -2.74. The Morgan fingerprint density at radius 3 is 2.50 bits per heavy atom. The number of ketones is 1. The highest BCUT2D eigenvalue weighted by Crippen LogP contribution is 2.35. The number of esters is 1. The van der Waals surface area contributed by atoms with Crippen LogP contribution in [0.3, 0.4) is 0 Å².